The molecule has 0 spiro atoms. The summed E-state index contributed by atoms with van der Waals surface area (Å²) in [6.45, 7) is 3.49. The Hall–Kier alpha value is -0.0500. The number of rotatable bonds is 2. The largest absolute Gasteiger partial charge is 0.299 e. The zero-order valence-electron chi connectivity index (χ0n) is 7.26. The van der Waals surface area contributed by atoms with E-state index in [0.29, 0.717) is 0 Å². The molecule has 1 aliphatic heterocycles. The maximum atomic E-state index is 5.99. The van der Waals surface area contributed by atoms with Crippen LogP contribution in [0.1, 0.15) is 12.0 Å². The van der Waals surface area contributed by atoms with Gasteiger partial charge in [-0.15, -0.1) is 0 Å². The molecule has 0 atom stereocenters. The van der Waals surface area contributed by atoms with Gasteiger partial charge in [-0.1, -0.05) is 17.7 Å². The molecule has 1 aromatic carbocycles. The van der Waals surface area contributed by atoms with Crippen molar-refractivity contribution in [2.24, 2.45) is 0 Å². The molecule has 0 unspecified atom stereocenters. The van der Waals surface area contributed by atoms with E-state index in [1.807, 2.05) is 12.1 Å². The minimum Gasteiger partial charge on any atom is -0.299 e. The third-order valence-electron chi connectivity index (χ3n) is 2.34. The molecule has 70 valence electrons. The third-order valence-corrected chi connectivity index (χ3v) is 3.57. The van der Waals surface area contributed by atoms with Crippen molar-refractivity contribution in [3.63, 3.8) is 0 Å². The summed E-state index contributed by atoms with van der Waals surface area (Å²) in [6, 6.07) is 6.16. The first-order valence-corrected chi connectivity index (χ1v) is 5.59. The van der Waals surface area contributed by atoms with Crippen LogP contribution in [0.2, 0.25) is 5.02 Å². The van der Waals surface area contributed by atoms with Gasteiger partial charge in [0, 0.05) is 11.0 Å². The van der Waals surface area contributed by atoms with E-state index in [1.165, 1.54) is 25.1 Å². The smallest absolute Gasteiger partial charge is 0.0551 e. The molecule has 1 heterocycles. The number of benzene rings is 1. The Morgan fingerprint density at radius 3 is 2.69 bits per heavy atom. The van der Waals surface area contributed by atoms with E-state index in [2.05, 4.69) is 26.9 Å². The van der Waals surface area contributed by atoms with E-state index < -0.39 is 0 Å². The van der Waals surface area contributed by atoms with Crippen LogP contribution >= 0.6 is 27.5 Å². The van der Waals surface area contributed by atoms with Gasteiger partial charge in [0.15, 0.2) is 0 Å². The van der Waals surface area contributed by atoms with Crippen LogP contribution in [0, 0.1) is 0 Å². The Balaban J connectivity index is 2.07. The van der Waals surface area contributed by atoms with E-state index >= 15 is 0 Å². The average Bonchev–Trinajstić information content (AvgIpc) is 2.04. The van der Waals surface area contributed by atoms with Crippen molar-refractivity contribution in [2.45, 2.75) is 13.0 Å². The van der Waals surface area contributed by atoms with Gasteiger partial charge in [0.1, 0.15) is 0 Å². The molecule has 0 aromatic heterocycles. The molecule has 0 bridgehead atoms. The minimum absolute atomic E-state index is 0.804. The Morgan fingerprint density at radius 1 is 1.38 bits per heavy atom. The minimum atomic E-state index is 0.804. The highest BCUT2D eigenvalue weighted by Crippen LogP contribution is 2.24. The summed E-state index contributed by atoms with van der Waals surface area (Å²) < 4.78 is 0.974. The first kappa shape index (κ1) is 9.50. The fraction of sp³-hybridized carbons (Fsp3) is 0.400. The molecule has 13 heavy (non-hydrogen) atoms. The van der Waals surface area contributed by atoms with Gasteiger partial charge < -0.3 is 0 Å². The second-order valence-electron chi connectivity index (χ2n) is 3.38. The monoisotopic (exact) mass is 259 g/mol. The zero-order valence-corrected chi connectivity index (χ0v) is 9.61. The highest BCUT2D eigenvalue weighted by atomic mass is 79.9. The summed E-state index contributed by atoms with van der Waals surface area (Å²) >= 11 is 9.37. The highest BCUT2D eigenvalue weighted by molar-refractivity contribution is 9.10. The fourth-order valence-corrected chi connectivity index (χ4v) is 1.89. The van der Waals surface area contributed by atoms with Crippen LogP contribution in [-0.2, 0) is 6.54 Å². The summed E-state index contributed by atoms with van der Waals surface area (Å²) in [5, 5.41) is 0.804. The van der Waals surface area contributed by atoms with Crippen LogP contribution < -0.4 is 0 Å². The van der Waals surface area contributed by atoms with E-state index in [9.17, 15) is 0 Å². The molecule has 2 rings (SSSR count). The molecule has 1 aliphatic rings. The second kappa shape index (κ2) is 3.99. The molecule has 1 fully saturated rings. The number of halogens is 2. The van der Waals surface area contributed by atoms with Crippen molar-refractivity contribution in [1.82, 2.24) is 4.90 Å². The SMILES string of the molecule is Clc1cc(CN2CCC2)ccc1Br. The van der Waals surface area contributed by atoms with Crippen molar-refractivity contribution in [3.8, 4) is 0 Å². The molecule has 0 aliphatic carbocycles. The number of hydrogen-bond acceptors (Lipinski definition) is 1. The Labute approximate surface area is 91.8 Å². The average molecular weight is 261 g/mol. The van der Waals surface area contributed by atoms with E-state index in [4.69, 9.17) is 11.6 Å². The number of nitrogens with zero attached hydrogens (tertiary/aromatic N) is 1. The standard InChI is InChI=1S/C10H11BrClN/c11-9-3-2-8(6-10(9)12)7-13-4-1-5-13/h2-3,6H,1,4-5,7H2. The summed E-state index contributed by atoms with van der Waals surface area (Å²) in [5.74, 6) is 0. The molecule has 0 amide bonds. The van der Waals surface area contributed by atoms with Gasteiger partial charge in [0.05, 0.1) is 5.02 Å². The predicted molar refractivity (Wildman–Crippen MR) is 59.0 cm³/mol. The summed E-state index contributed by atoms with van der Waals surface area (Å²) in [6.07, 6.45) is 1.34. The molecule has 0 radical (unpaired) electrons. The normalized spacial score (nSPS) is 17.1. The first-order valence-electron chi connectivity index (χ1n) is 4.42. The first-order chi connectivity index (χ1) is 6.25. The van der Waals surface area contributed by atoms with Crippen LogP contribution in [0.5, 0.6) is 0 Å². The lowest BCUT2D eigenvalue weighted by Gasteiger charge is -2.30. The highest BCUT2D eigenvalue weighted by Gasteiger charge is 2.13. The number of likely N-dealkylation sites (tertiary alicyclic amines) is 1. The quantitative estimate of drug-likeness (QED) is 0.788. The van der Waals surface area contributed by atoms with Gasteiger partial charge in [-0.3, -0.25) is 4.90 Å². The van der Waals surface area contributed by atoms with Crippen molar-refractivity contribution in [3.05, 3.63) is 33.3 Å². The lowest BCUT2D eigenvalue weighted by molar-refractivity contribution is 0.172. The lowest BCUT2D eigenvalue weighted by atomic mass is 10.1. The lowest BCUT2D eigenvalue weighted by Crippen LogP contribution is -2.36. The number of hydrogen-bond donors (Lipinski definition) is 0. The van der Waals surface area contributed by atoms with Crippen LogP contribution in [0.25, 0.3) is 0 Å². The van der Waals surface area contributed by atoms with Gasteiger partial charge >= 0.3 is 0 Å². The second-order valence-corrected chi connectivity index (χ2v) is 4.64. The van der Waals surface area contributed by atoms with Gasteiger partial charge in [0.2, 0.25) is 0 Å². The van der Waals surface area contributed by atoms with E-state index in [-0.39, 0.29) is 0 Å². The zero-order chi connectivity index (χ0) is 9.26. The topological polar surface area (TPSA) is 3.24 Å². The molecule has 0 saturated carbocycles. The van der Waals surface area contributed by atoms with Crippen LogP contribution in [-0.4, -0.2) is 18.0 Å². The van der Waals surface area contributed by atoms with Crippen molar-refractivity contribution >= 4 is 27.5 Å². The van der Waals surface area contributed by atoms with Gasteiger partial charge in [-0.05, 0) is 53.1 Å². The Bertz CT molecular complexity index is 310. The van der Waals surface area contributed by atoms with E-state index in [0.717, 1.165) is 16.0 Å². The molecule has 1 saturated heterocycles. The predicted octanol–water partition coefficient (Wildman–Crippen LogP) is 3.31. The van der Waals surface area contributed by atoms with Crippen molar-refractivity contribution in [2.75, 3.05) is 13.1 Å². The maximum absolute atomic E-state index is 5.99. The Morgan fingerprint density at radius 2 is 2.15 bits per heavy atom. The molecule has 1 aromatic rings. The molecular weight excluding hydrogens is 249 g/mol. The molecule has 0 N–H and O–H groups in total. The molecule has 1 nitrogen and oxygen atoms in total. The van der Waals surface area contributed by atoms with Crippen LogP contribution in [0.4, 0.5) is 0 Å². The molecular formula is C10H11BrClN. The summed E-state index contributed by atoms with van der Waals surface area (Å²) in [5.41, 5.74) is 1.30. The molecule has 3 heteroatoms. The van der Waals surface area contributed by atoms with Crippen molar-refractivity contribution < 1.29 is 0 Å². The van der Waals surface area contributed by atoms with Crippen LogP contribution in [0.15, 0.2) is 22.7 Å². The Kier molecular flexibility index (Phi) is 2.92. The fourth-order valence-electron chi connectivity index (χ4n) is 1.44. The summed E-state index contributed by atoms with van der Waals surface area (Å²) in [4.78, 5) is 2.42. The van der Waals surface area contributed by atoms with Gasteiger partial charge in [-0.2, -0.15) is 0 Å². The van der Waals surface area contributed by atoms with Gasteiger partial charge in [0.25, 0.3) is 0 Å². The third kappa shape index (κ3) is 2.25. The summed E-state index contributed by atoms with van der Waals surface area (Å²) in [7, 11) is 0. The van der Waals surface area contributed by atoms with Gasteiger partial charge in [-0.25, -0.2) is 0 Å². The van der Waals surface area contributed by atoms with E-state index in [1.54, 1.807) is 0 Å². The van der Waals surface area contributed by atoms with Crippen LogP contribution in [0.3, 0.4) is 0 Å². The van der Waals surface area contributed by atoms with Crippen molar-refractivity contribution in [1.29, 1.82) is 0 Å². The maximum Gasteiger partial charge on any atom is 0.0551 e.